The molecule has 110 valence electrons. The van der Waals surface area contributed by atoms with Gasteiger partial charge < -0.3 is 15.2 Å². The highest BCUT2D eigenvalue weighted by Crippen LogP contribution is 2.26. The van der Waals surface area contributed by atoms with E-state index in [0.717, 1.165) is 29.7 Å². The average molecular weight is 277 g/mol. The van der Waals surface area contributed by atoms with Crippen LogP contribution in [0, 0.1) is 19.8 Å². The summed E-state index contributed by atoms with van der Waals surface area (Å²) in [6, 6.07) is 6.05. The van der Waals surface area contributed by atoms with Crippen LogP contribution in [0.15, 0.2) is 18.2 Å². The van der Waals surface area contributed by atoms with E-state index in [1.54, 1.807) is 0 Å². The summed E-state index contributed by atoms with van der Waals surface area (Å²) >= 11 is 0. The van der Waals surface area contributed by atoms with Gasteiger partial charge in [0.15, 0.2) is 0 Å². The number of ether oxygens (including phenoxy) is 1. The predicted molar refractivity (Wildman–Crippen MR) is 77.8 cm³/mol. The number of aliphatic hydroxyl groups is 1. The second-order valence-electron chi connectivity index (χ2n) is 5.66. The molecule has 20 heavy (non-hydrogen) atoms. The summed E-state index contributed by atoms with van der Waals surface area (Å²) in [5, 5.41) is 12.1. The van der Waals surface area contributed by atoms with Crippen LogP contribution in [0.2, 0.25) is 0 Å². The van der Waals surface area contributed by atoms with Gasteiger partial charge in [0.05, 0.1) is 19.1 Å². The van der Waals surface area contributed by atoms with Crippen LogP contribution in [-0.2, 0) is 4.79 Å². The fourth-order valence-electron chi connectivity index (χ4n) is 2.33. The summed E-state index contributed by atoms with van der Waals surface area (Å²) in [6.45, 7) is 5.07. The van der Waals surface area contributed by atoms with Crippen LogP contribution in [0.4, 0.5) is 0 Å². The molecule has 1 fully saturated rings. The van der Waals surface area contributed by atoms with E-state index < -0.39 is 0 Å². The van der Waals surface area contributed by atoms with Crippen molar-refractivity contribution >= 4 is 5.91 Å². The number of carbonyl (C=O) groups excluding carboxylic acids is 1. The number of aliphatic hydroxyl groups excluding tert-OH is 1. The molecule has 4 nitrogen and oxygen atoms in total. The maximum atomic E-state index is 11.7. The van der Waals surface area contributed by atoms with Gasteiger partial charge in [0, 0.05) is 6.54 Å². The number of carbonyl (C=O) groups is 1. The van der Waals surface area contributed by atoms with Crippen molar-refractivity contribution in [1.82, 2.24) is 5.32 Å². The number of aryl methyl sites for hydroxylation is 2. The van der Waals surface area contributed by atoms with Crippen LogP contribution < -0.4 is 10.1 Å². The third-order valence-electron chi connectivity index (χ3n) is 3.73. The molecule has 0 bridgehead atoms. The Hall–Kier alpha value is -1.55. The first-order chi connectivity index (χ1) is 9.54. The highest BCUT2D eigenvalue weighted by Gasteiger charge is 2.26. The zero-order valence-corrected chi connectivity index (χ0v) is 12.2. The molecule has 0 radical (unpaired) electrons. The first-order valence-corrected chi connectivity index (χ1v) is 7.19. The molecule has 0 aliphatic heterocycles. The summed E-state index contributed by atoms with van der Waals surface area (Å²) < 4.78 is 5.65. The van der Waals surface area contributed by atoms with E-state index in [1.165, 1.54) is 0 Å². The average Bonchev–Trinajstić information content (AvgIpc) is 2.37. The minimum absolute atomic E-state index is 0.0108. The summed E-state index contributed by atoms with van der Waals surface area (Å²) in [7, 11) is 0. The molecule has 4 heteroatoms. The van der Waals surface area contributed by atoms with Gasteiger partial charge in [-0.3, -0.25) is 4.79 Å². The van der Waals surface area contributed by atoms with Crippen LogP contribution in [0.25, 0.3) is 0 Å². The van der Waals surface area contributed by atoms with E-state index in [-0.39, 0.29) is 12.0 Å². The Morgan fingerprint density at radius 1 is 1.40 bits per heavy atom. The van der Waals surface area contributed by atoms with E-state index in [9.17, 15) is 4.79 Å². The van der Waals surface area contributed by atoms with E-state index in [4.69, 9.17) is 9.84 Å². The standard InChI is InChI=1S/C16H23NO3/c1-11-3-4-12(2)15(7-11)20-6-5-16(19)17-10-13-8-14(18)9-13/h3-4,7,13-14,18H,5-6,8-10H2,1-2H3,(H,17,19). The Morgan fingerprint density at radius 2 is 2.15 bits per heavy atom. The minimum atomic E-state index is -0.162. The second kappa shape index (κ2) is 6.75. The van der Waals surface area contributed by atoms with Crippen molar-refractivity contribution in [3.05, 3.63) is 29.3 Å². The maximum absolute atomic E-state index is 11.7. The summed E-state index contributed by atoms with van der Waals surface area (Å²) in [5.74, 6) is 1.30. The number of hydrogen-bond acceptors (Lipinski definition) is 3. The number of nitrogens with one attached hydrogen (secondary N) is 1. The molecule has 0 aromatic heterocycles. The molecule has 1 amide bonds. The monoisotopic (exact) mass is 277 g/mol. The quantitative estimate of drug-likeness (QED) is 0.835. The molecule has 1 aromatic carbocycles. The Bertz CT molecular complexity index is 467. The summed E-state index contributed by atoms with van der Waals surface area (Å²) in [6.07, 6.45) is 1.81. The van der Waals surface area contributed by atoms with Crippen molar-refractivity contribution in [2.75, 3.05) is 13.2 Å². The van der Waals surface area contributed by atoms with Crippen LogP contribution in [0.5, 0.6) is 5.75 Å². The Kier molecular flexibility index (Phi) is 5.01. The van der Waals surface area contributed by atoms with Crippen LogP contribution in [0.1, 0.15) is 30.4 Å². The minimum Gasteiger partial charge on any atom is -0.493 e. The molecule has 1 aromatic rings. The molecule has 0 atom stereocenters. The molecule has 1 saturated carbocycles. The lowest BCUT2D eigenvalue weighted by Gasteiger charge is -2.31. The van der Waals surface area contributed by atoms with E-state index in [2.05, 4.69) is 5.32 Å². The smallest absolute Gasteiger partial charge is 0.223 e. The summed E-state index contributed by atoms with van der Waals surface area (Å²) in [5.41, 5.74) is 2.23. The molecule has 0 unspecified atom stereocenters. The lowest BCUT2D eigenvalue weighted by Crippen LogP contribution is -2.38. The lowest BCUT2D eigenvalue weighted by molar-refractivity contribution is -0.122. The largest absolute Gasteiger partial charge is 0.493 e. The Balaban J connectivity index is 1.64. The number of amides is 1. The molecule has 0 saturated heterocycles. The number of benzene rings is 1. The Labute approximate surface area is 120 Å². The highest BCUT2D eigenvalue weighted by molar-refractivity contribution is 5.76. The van der Waals surface area contributed by atoms with Gasteiger partial charge in [-0.05, 0) is 49.8 Å². The van der Waals surface area contributed by atoms with Crippen molar-refractivity contribution in [3.8, 4) is 5.75 Å². The van der Waals surface area contributed by atoms with Gasteiger partial charge in [0.1, 0.15) is 5.75 Å². The molecule has 1 aliphatic carbocycles. The molecule has 0 spiro atoms. The zero-order valence-electron chi connectivity index (χ0n) is 12.2. The molecule has 2 rings (SSSR count). The van der Waals surface area contributed by atoms with Crippen LogP contribution in [-0.4, -0.2) is 30.3 Å². The molecule has 1 aliphatic rings. The molecule has 0 heterocycles. The number of hydrogen-bond donors (Lipinski definition) is 2. The van der Waals surface area contributed by atoms with E-state index in [0.29, 0.717) is 25.5 Å². The molecule has 2 N–H and O–H groups in total. The second-order valence-corrected chi connectivity index (χ2v) is 5.66. The van der Waals surface area contributed by atoms with Crippen molar-refractivity contribution in [2.45, 2.75) is 39.2 Å². The fraction of sp³-hybridized carbons (Fsp3) is 0.562. The first kappa shape index (κ1) is 14.9. The lowest BCUT2D eigenvalue weighted by atomic mass is 9.82. The third kappa shape index (κ3) is 4.23. The molecular weight excluding hydrogens is 254 g/mol. The van der Waals surface area contributed by atoms with Gasteiger partial charge in [-0.15, -0.1) is 0 Å². The predicted octanol–water partition coefficient (Wildman–Crippen LogP) is 1.96. The highest BCUT2D eigenvalue weighted by atomic mass is 16.5. The maximum Gasteiger partial charge on any atom is 0.223 e. The number of rotatable bonds is 6. The Morgan fingerprint density at radius 3 is 2.85 bits per heavy atom. The van der Waals surface area contributed by atoms with Crippen molar-refractivity contribution in [2.24, 2.45) is 5.92 Å². The van der Waals surface area contributed by atoms with Gasteiger partial charge in [-0.1, -0.05) is 12.1 Å². The van der Waals surface area contributed by atoms with E-state index in [1.807, 2.05) is 32.0 Å². The first-order valence-electron chi connectivity index (χ1n) is 7.19. The van der Waals surface area contributed by atoms with Gasteiger partial charge in [-0.25, -0.2) is 0 Å². The van der Waals surface area contributed by atoms with Gasteiger partial charge in [0.2, 0.25) is 5.91 Å². The van der Waals surface area contributed by atoms with Crippen molar-refractivity contribution in [3.63, 3.8) is 0 Å². The van der Waals surface area contributed by atoms with Gasteiger partial charge in [0.25, 0.3) is 0 Å². The van der Waals surface area contributed by atoms with Crippen LogP contribution in [0.3, 0.4) is 0 Å². The topological polar surface area (TPSA) is 58.6 Å². The zero-order chi connectivity index (χ0) is 14.5. The van der Waals surface area contributed by atoms with Crippen molar-refractivity contribution in [1.29, 1.82) is 0 Å². The third-order valence-corrected chi connectivity index (χ3v) is 3.73. The van der Waals surface area contributed by atoms with E-state index >= 15 is 0 Å². The van der Waals surface area contributed by atoms with Crippen LogP contribution >= 0.6 is 0 Å². The SMILES string of the molecule is Cc1ccc(C)c(OCCC(=O)NCC2CC(O)C2)c1. The van der Waals surface area contributed by atoms with Crippen molar-refractivity contribution < 1.29 is 14.6 Å². The molecular formula is C16H23NO3. The summed E-state index contributed by atoms with van der Waals surface area (Å²) in [4.78, 5) is 11.7. The van der Waals surface area contributed by atoms with Gasteiger partial charge in [-0.2, -0.15) is 0 Å². The van der Waals surface area contributed by atoms with Gasteiger partial charge >= 0.3 is 0 Å². The normalized spacial score (nSPS) is 21.1. The fourth-order valence-corrected chi connectivity index (χ4v) is 2.33.